The third kappa shape index (κ3) is 4.43. The van der Waals surface area contributed by atoms with Gasteiger partial charge in [-0.05, 0) is 73.8 Å². The zero-order chi connectivity index (χ0) is 23.7. The Bertz CT molecular complexity index is 1140. The lowest BCUT2D eigenvalue weighted by atomic mass is 9.87. The summed E-state index contributed by atoms with van der Waals surface area (Å²) in [5.41, 5.74) is 5.14. The van der Waals surface area contributed by atoms with E-state index in [1.165, 1.54) is 17.3 Å². The number of aromatic nitrogens is 1. The molecule has 0 radical (unpaired) electrons. The highest BCUT2D eigenvalue weighted by molar-refractivity contribution is 5.94. The Morgan fingerprint density at radius 3 is 2.76 bits per heavy atom. The highest BCUT2D eigenvalue weighted by Crippen LogP contribution is 2.33. The Morgan fingerprint density at radius 2 is 2.00 bits per heavy atom. The van der Waals surface area contributed by atoms with Gasteiger partial charge in [-0.1, -0.05) is 6.07 Å². The smallest absolute Gasteiger partial charge is 0.338 e. The van der Waals surface area contributed by atoms with Crippen LogP contribution in [0.25, 0.3) is 0 Å². The molecule has 176 valence electrons. The van der Waals surface area contributed by atoms with Crippen molar-refractivity contribution in [3.8, 4) is 6.07 Å². The summed E-state index contributed by atoms with van der Waals surface area (Å²) in [4.78, 5) is 33.5. The van der Waals surface area contributed by atoms with E-state index >= 15 is 0 Å². The van der Waals surface area contributed by atoms with Crippen LogP contribution in [0.2, 0.25) is 0 Å². The minimum Gasteiger partial charge on any atom is -0.457 e. The van der Waals surface area contributed by atoms with Gasteiger partial charge in [0.2, 0.25) is 0 Å². The largest absolute Gasteiger partial charge is 0.457 e. The first-order chi connectivity index (χ1) is 16.5. The number of cyclic esters (lactones) is 1. The molecule has 2 aromatic rings. The van der Waals surface area contributed by atoms with Gasteiger partial charge in [0.1, 0.15) is 18.4 Å². The summed E-state index contributed by atoms with van der Waals surface area (Å²) in [5, 5.41) is 8.95. The van der Waals surface area contributed by atoms with Crippen molar-refractivity contribution < 1.29 is 14.3 Å². The number of carbonyl (C=O) groups excluding carboxylic acids is 2. The molecule has 7 nitrogen and oxygen atoms in total. The van der Waals surface area contributed by atoms with E-state index in [9.17, 15) is 9.59 Å². The van der Waals surface area contributed by atoms with Gasteiger partial charge in [0, 0.05) is 44.5 Å². The summed E-state index contributed by atoms with van der Waals surface area (Å²) in [7, 11) is 0. The van der Waals surface area contributed by atoms with Gasteiger partial charge in [0.25, 0.3) is 5.91 Å². The number of amides is 1. The number of hydrogen-bond acceptors (Lipinski definition) is 6. The van der Waals surface area contributed by atoms with Crippen LogP contribution in [0.1, 0.15) is 62.4 Å². The molecular weight excluding hydrogens is 428 g/mol. The molecule has 0 aliphatic carbocycles. The molecule has 2 unspecified atom stereocenters. The number of esters is 1. The van der Waals surface area contributed by atoms with Gasteiger partial charge in [-0.2, -0.15) is 5.26 Å². The Hall–Kier alpha value is -3.24. The topological polar surface area (TPSA) is 86.5 Å². The number of benzene rings is 1. The molecular formula is C27H30N4O3. The third-order valence-electron chi connectivity index (χ3n) is 7.80. The first-order valence-corrected chi connectivity index (χ1v) is 12.2. The van der Waals surface area contributed by atoms with E-state index in [0.717, 1.165) is 69.5 Å². The van der Waals surface area contributed by atoms with Crippen LogP contribution in [0, 0.1) is 30.1 Å². The van der Waals surface area contributed by atoms with Crippen LogP contribution in [0.4, 0.5) is 0 Å². The summed E-state index contributed by atoms with van der Waals surface area (Å²) in [6, 6.07) is 9.36. The standard InChI is InChI=1S/C27H30N4O3/c1-18-20(5-6-23-24(18)17-34-27(23)33)8-11-30-15-21-3-2-10-31(12-9-22(21)16-30)26(32)25-7-4-19(13-28)14-29-25/h4-7,14,21-22H,2-3,8-12,15-17H2,1H3. The molecule has 1 amide bonds. The van der Waals surface area contributed by atoms with Crippen molar-refractivity contribution in [2.24, 2.45) is 11.8 Å². The maximum atomic E-state index is 13.0. The van der Waals surface area contributed by atoms with Crippen LogP contribution in [0.5, 0.6) is 0 Å². The fourth-order valence-electron chi connectivity index (χ4n) is 5.75. The molecule has 34 heavy (non-hydrogen) atoms. The van der Waals surface area contributed by atoms with Crippen molar-refractivity contribution >= 4 is 11.9 Å². The van der Waals surface area contributed by atoms with Crippen molar-refractivity contribution in [2.45, 2.75) is 39.2 Å². The number of hydrogen-bond donors (Lipinski definition) is 0. The average Bonchev–Trinajstić information content (AvgIpc) is 3.41. The molecule has 1 aromatic heterocycles. The average molecular weight is 459 g/mol. The van der Waals surface area contributed by atoms with Crippen molar-refractivity contribution in [3.63, 3.8) is 0 Å². The molecule has 3 aliphatic heterocycles. The highest BCUT2D eigenvalue weighted by Gasteiger charge is 2.34. The summed E-state index contributed by atoms with van der Waals surface area (Å²) in [6.07, 6.45) is 5.61. The lowest BCUT2D eigenvalue weighted by Crippen LogP contribution is -2.37. The molecule has 0 bridgehead atoms. The SMILES string of the molecule is Cc1c(CCN2CC3CCCN(C(=O)c4ccc(C#N)cn4)CCC3C2)ccc2c1COC2=O. The maximum absolute atomic E-state index is 13.0. The number of ether oxygens (including phenoxy) is 1. The van der Waals surface area contributed by atoms with Crippen LogP contribution in [0.15, 0.2) is 30.5 Å². The first-order valence-electron chi connectivity index (χ1n) is 12.2. The number of likely N-dealkylation sites (tertiary alicyclic amines) is 2. The lowest BCUT2D eigenvalue weighted by Gasteiger charge is -2.29. The summed E-state index contributed by atoms with van der Waals surface area (Å²) < 4.78 is 5.19. The van der Waals surface area contributed by atoms with E-state index in [2.05, 4.69) is 22.9 Å². The van der Waals surface area contributed by atoms with Gasteiger partial charge < -0.3 is 14.5 Å². The second-order valence-electron chi connectivity index (χ2n) is 9.75. The molecule has 4 heterocycles. The Morgan fingerprint density at radius 1 is 1.18 bits per heavy atom. The van der Waals surface area contributed by atoms with Gasteiger partial charge in [-0.3, -0.25) is 4.79 Å². The first kappa shape index (κ1) is 22.5. The van der Waals surface area contributed by atoms with Gasteiger partial charge in [0.15, 0.2) is 0 Å². The Kier molecular flexibility index (Phi) is 6.34. The van der Waals surface area contributed by atoms with Crippen LogP contribution >= 0.6 is 0 Å². The molecule has 0 spiro atoms. The molecule has 1 aromatic carbocycles. The zero-order valence-electron chi connectivity index (χ0n) is 19.6. The summed E-state index contributed by atoms with van der Waals surface area (Å²) >= 11 is 0. The quantitative estimate of drug-likeness (QED) is 0.653. The van der Waals surface area contributed by atoms with Crippen LogP contribution in [-0.4, -0.2) is 59.4 Å². The van der Waals surface area contributed by atoms with E-state index in [4.69, 9.17) is 10.00 Å². The van der Waals surface area contributed by atoms with Gasteiger partial charge >= 0.3 is 5.97 Å². The molecule has 5 rings (SSSR count). The minimum absolute atomic E-state index is 0.0349. The van der Waals surface area contributed by atoms with Crippen molar-refractivity contribution in [3.05, 3.63) is 64.0 Å². The number of nitrogens with zero attached hydrogens (tertiary/aromatic N) is 4. The number of rotatable bonds is 4. The van der Waals surface area contributed by atoms with Crippen molar-refractivity contribution in [2.75, 3.05) is 32.7 Å². The number of pyridine rings is 1. The van der Waals surface area contributed by atoms with Gasteiger partial charge in [-0.15, -0.1) is 0 Å². The normalized spacial score (nSPS) is 22.4. The zero-order valence-corrected chi connectivity index (χ0v) is 19.6. The monoisotopic (exact) mass is 458 g/mol. The molecule has 0 saturated carbocycles. The third-order valence-corrected chi connectivity index (χ3v) is 7.80. The highest BCUT2D eigenvalue weighted by atomic mass is 16.5. The number of nitriles is 1. The second-order valence-corrected chi connectivity index (χ2v) is 9.75. The molecule has 0 N–H and O–H groups in total. The van der Waals surface area contributed by atoms with E-state index in [1.807, 2.05) is 17.0 Å². The van der Waals surface area contributed by atoms with E-state index in [1.54, 1.807) is 12.1 Å². The summed E-state index contributed by atoms with van der Waals surface area (Å²) in [6.45, 7) is 7.23. The van der Waals surface area contributed by atoms with E-state index in [-0.39, 0.29) is 11.9 Å². The Balaban J connectivity index is 1.17. The van der Waals surface area contributed by atoms with Crippen molar-refractivity contribution in [1.82, 2.24) is 14.8 Å². The van der Waals surface area contributed by atoms with Crippen LogP contribution in [0.3, 0.4) is 0 Å². The lowest BCUT2D eigenvalue weighted by molar-refractivity contribution is 0.0534. The Labute approximate surface area is 200 Å². The minimum atomic E-state index is -0.206. The molecule has 2 fully saturated rings. The predicted octanol–water partition coefficient (Wildman–Crippen LogP) is 3.35. The van der Waals surface area contributed by atoms with Crippen LogP contribution < -0.4 is 0 Å². The van der Waals surface area contributed by atoms with E-state index < -0.39 is 0 Å². The summed E-state index contributed by atoms with van der Waals surface area (Å²) in [5.74, 6) is 1.06. The van der Waals surface area contributed by atoms with Crippen LogP contribution in [-0.2, 0) is 17.8 Å². The molecule has 2 saturated heterocycles. The fourth-order valence-corrected chi connectivity index (χ4v) is 5.75. The van der Waals surface area contributed by atoms with Gasteiger partial charge in [0.05, 0.1) is 11.1 Å². The molecule has 7 heteroatoms. The van der Waals surface area contributed by atoms with Crippen molar-refractivity contribution in [1.29, 1.82) is 5.26 Å². The molecule has 2 atom stereocenters. The fraction of sp³-hybridized carbons (Fsp3) is 0.481. The number of fused-ring (bicyclic) bond motifs is 2. The number of carbonyl (C=O) groups is 2. The molecule has 3 aliphatic rings. The maximum Gasteiger partial charge on any atom is 0.338 e. The van der Waals surface area contributed by atoms with Gasteiger partial charge in [-0.25, -0.2) is 9.78 Å². The predicted molar refractivity (Wildman–Crippen MR) is 126 cm³/mol. The second kappa shape index (κ2) is 9.55. The van der Waals surface area contributed by atoms with E-state index in [0.29, 0.717) is 29.7 Å².